The first kappa shape index (κ1) is 18.5. The summed E-state index contributed by atoms with van der Waals surface area (Å²) in [6.45, 7) is 5.58. The zero-order chi connectivity index (χ0) is 18.5. The molecule has 26 heavy (non-hydrogen) atoms. The van der Waals surface area contributed by atoms with Gasteiger partial charge < -0.3 is 15.2 Å². The summed E-state index contributed by atoms with van der Waals surface area (Å²) >= 11 is 0. The van der Waals surface area contributed by atoms with Gasteiger partial charge in [-0.15, -0.1) is 0 Å². The number of amides is 1. The molecule has 0 spiro atoms. The smallest absolute Gasteiger partial charge is 0.249 e. The number of carbonyl (C=O) groups is 1. The molecule has 1 fully saturated rings. The summed E-state index contributed by atoms with van der Waals surface area (Å²) in [6, 6.07) is 4.30. The van der Waals surface area contributed by atoms with Gasteiger partial charge in [-0.3, -0.25) is 4.79 Å². The molecule has 2 N–H and O–H groups in total. The average Bonchev–Trinajstić information content (AvgIpc) is 3.13. The molecule has 1 aromatic heterocycles. The third-order valence-corrected chi connectivity index (χ3v) is 4.84. The lowest BCUT2D eigenvalue weighted by Crippen LogP contribution is -2.30. The van der Waals surface area contributed by atoms with E-state index in [-0.39, 0.29) is 17.8 Å². The van der Waals surface area contributed by atoms with Gasteiger partial charge in [0.2, 0.25) is 17.6 Å². The van der Waals surface area contributed by atoms with Gasteiger partial charge in [0.25, 0.3) is 0 Å². The van der Waals surface area contributed by atoms with Crippen LogP contribution < -0.4 is 10.6 Å². The van der Waals surface area contributed by atoms with Crippen molar-refractivity contribution < 1.29 is 13.7 Å². The molecule has 1 saturated heterocycles. The van der Waals surface area contributed by atoms with Crippen LogP contribution in [0.25, 0.3) is 11.4 Å². The van der Waals surface area contributed by atoms with Crippen LogP contribution in [0.5, 0.6) is 0 Å². The van der Waals surface area contributed by atoms with Crippen LogP contribution in [0.4, 0.5) is 4.39 Å². The van der Waals surface area contributed by atoms with E-state index in [0.29, 0.717) is 35.2 Å². The number of nitrogens with one attached hydrogen (secondary N) is 2. The van der Waals surface area contributed by atoms with E-state index < -0.39 is 0 Å². The van der Waals surface area contributed by atoms with Crippen LogP contribution in [0.1, 0.15) is 50.1 Å². The van der Waals surface area contributed by atoms with Crippen molar-refractivity contribution in [2.24, 2.45) is 5.92 Å². The second-order valence-corrected chi connectivity index (χ2v) is 6.94. The van der Waals surface area contributed by atoms with Crippen molar-refractivity contribution in [2.75, 3.05) is 13.1 Å². The van der Waals surface area contributed by atoms with Crippen molar-refractivity contribution in [2.45, 2.75) is 45.6 Å². The number of nitrogens with zero attached hydrogens (tertiary/aromatic N) is 2. The van der Waals surface area contributed by atoms with E-state index in [2.05, 4.69) is 20.8 Å². The third-order valence-electron chi connectivity index (χ3n) is 4.84. The highest BCUT2D eigenvalue weighted by atomic mass is 19.1. The lowest BCUT2D eigenvalue weighted by molar-refractivity contribution is -0.122. The second kappa shape index (κ2) is 8.40. The maximum Gasteiger partial charge on any atom is 0.249 e. The Labute approximate surface area is 152 Å². The largest absolute Gasteiger partial charge is 0.345 e. The standard InChI is InChI=1S/C19H25FN4O2/c1-12-11-15(4-5-16(12)20)18-23-19(26-24-18)13(2)22-17(25)6-3-14-7-9-21-10-8-14/h4-5,11,13-14,21H,3,6-10H2,1-2H3,(H,22,25). The van der Waals surface area contributed by atoms with Crippen LogP contribution in [0, 0.1) is 18.7 Å². The maximum atomic E-state index is 13.4. The minimum atomic E-state index is -0.363. The van der Waals surface area contributed by atoms with Crippen molar-refractivity contribution in [1.82, 2.24) is 20.8 Å². The van der Waals surface area contributed by atoms with E-state index in [1.54, 1.807) is 19.1 Å². The fourth-order valence-electron chi connectivity index (χ4n) is 3.19. The molecule has 0 saturated carbocycles. The van der Waals surface area contributed by atoms with Crippen molar-refractivity contribution in [3.05, 3.63) is 35.5 Å². The molecule has 0 radical (unpaired) electrons. The molecule has 0 bridgehead atoms. The topological polar surface area (TPSA) is 80.0 Å². The predicted octanol–water partition coefficient (Wildman–Crippen LogP) is 3.14. The minimum absolute atomic E-state index is 0.00610. The number of carbonyl (C=O) groups excluding carboxylic acids is 1. The molecule has 2 aromatic rings. The molecule has 7 heteroatoms. The Morgan fingerprint density at radius 3 is 2.92 bits per heavy atom. The van der Waals surface area contributed by atoms with Gasteiger partial charge in [-0.25, -0.2) is 4.39 Å². The second-order valence-electron chi connectivity index (χ2n) is 6.94. The zero-order valence-electron chi connectivity index (χ0n) is 15.2. The lowest BCUT2D eigenvalue weighted by Gasteiger charge is -2.22. The Balaban J connectivity index is 1.54. The van der Waals surface area contributed by atoms with Gasteiger partial charge >= 0.3 is 0 Å². The number of piperidine rings is 1. The monoisotopic (exact) mass is 360 g/mol. The van der Waals surface area contributed by atoms with Gasteiger partial charge in [0.05, 0.1) is 0 Å². The first-order valence-electron chi connectivity index (χ1n) is 9.13. The number of halogens is 1. The first-order valence-corrected chi connectivity index (χ1v) is 9.13. The van der Waals surface area contributed by atoms with Gasteiger partial charge in [0, 0.05) is 12.0 Å². The fourth-order valence-corrected chi connectivity index (χ4v) is 3.19. The number of rotatable bonds is 6. The Hall–Kier alpha value is -2.28. The maximum absolute atomic E-state index is 13.4. The minimum Gasteiger partial charge on any atom is -0.345 e. The normalized spacial score (nSPS) is 16.4. The SMILES string of the molecule is Cc1cc(-c2noc(C(C)NC(=O)CCC3CCNCC3)n2)ccc1F. The van der Waals surface area contributed by atoms with E-state index in [0.717, 1.165) is 32.4 Å². The Morgan fingerprint density at radius 1 is 1.42 bits per heavy atom. The number of aryl methyl sites for hydroxylation is 1. The summed E-state index contributed by atoms with van der Waals surface area (Å²) in [7, 11) is 0. The van der Waals surface area contributed by atoms with Crippen LogP contribution in [-0.4, -0.2) is 29.1 Å². The molecule has 2 heterocycles. The van der Waals surface area contributed by atoms with Gasteiger partial charge in [0.15, 0.2) is 0 Å². The highest BCUT2D eigenvalue weighted by Gasteiger charge is 2.19. The molecule has 1 aliphatic heterocycles. The summed E-state index contributed by atoms with van der Waals surface area (Å²) in [5, 5.41) is 10.2. The molecule has 1 unspecified atom stereocenters. The van der Waals surface area contributed by atoms with Gasteiger partial charge in [-0.05, 0) is 75.9 Å². The summed E-state index contributed by atoms with van der Waals surface area (Å²) in [4.78, 5) is 16.5. The van der Waals surface area contributed by atoms with Crippen LogP contribution in [0.15, 0.2) is 22.7 Å². The molecule has 1 aromatic carbocycles. The summed E-state index contributed by atoms with van der Waals surface area (Å²) in [6.07, 6.45) is 3.68. The lowest BCUT2D eigenvalue weighted by atomic mass is 9.93. The van der Waals surface area contributed by atoms with Gasteiger partial charge in [-0.1, -0.05) is 5.16 Å². The number of aromatic nitrogens is 2. The molecule has 1 atom stereocenters. The van der Waals surface area contributed by atoms with E-state index in [9.17, 15) is 9.18 Å². The number of hydrogen-bond acceptors (Lipinski definition) is 5. The summed E-state index contributed by atoms with van der Waals surface area (Å²) in [5.41, 5.74) is 1.21. The first-order chi connectivity index (χ1) is 12.5. The fraction of sp³-hybridized carbons (Fsp3) is 0.526. The van der Waals surface area contributed by atoms with Crippen molar-refractivity contribution in [3.8, 4) is 11.4 Å². The Bertz CT molecular complexity index is 756. The molecular formula is C19H25FN4O2. The number of hydrogen-bond donors (Lipinski definition) is 2. The molecule has 3 rings (SSSR count). The van der Waals surface area contributed by atoms with E-state index in [1.165, 1.54) is 6.07 Å². The van der Waals surface area contributed by atoms with Gasteiger partial charge in [-0.2, -0.15) is 4.98 Å². The third kappa shape index (κ3) is 4.66. The molecule has 140 valence electrons. The van der Waals surface area contributed by atoms with Crippen LogP contribution in [0.2, 0.25) is 0 Å². The average molecular weight is 360 g/mol. The van der Waals surface area contributed by atoms with Crippen LogP contribution in [0.3, 0.4) is 0 Å². The Morgan fingerprint density at radius 2 is 2.19 bits per heavy atom. The van der Waals surface area contributed by atoms with Crippen molar-refractivity contribution >= 4 is 5.91 Å². The quantitative estimate of drug-likeness (QED) is 0.827. The van der Waals surface area contributed by atoms with Crippen molar-refractivity contribution in [3.63, 3.8) is 0 Å². The molecule has 1 aliphatic rings. The van der Waals surface area contributed by atoms with Crippen molar-refractivity contribution in [1.29, 1.82) is 0 Å². The van der Waals surface area contributed by atoms with Crippen LogP contribution >= 0.6 is 0 Å². The van der Waals surface area contributed by atoms with Crippen LogP contribution in [-0.2, 0) is 4.79 Å². The zero-order valence-corrected chi connectivity index (χ0v) is 15.2. The van der Waals surface area contributed by atoms with Gasteiger partial charge in [0.1, 0.15) is 11.9 Å². The van der Waals surface area contributed by atoms with E-state index in [4.69, 9.17) is 4.52 Å². The molecule has 1 amide bonds. The molecular weight excluding hydrogens is 335 g/mol. The Kier molecular flexibility index (Phi) is 5.98. The van der Waals surface area contributed by atoms with E-state index >= 15 is 0 Å². The molecule has 0 aliphatic carbocycles. The number of benzene rings is 1. The highest BCUT2D eigenvalue weighted by molar-refractivity contribution is 5.76. The highest BCUT2D eigenvalue weighted by Crippen LogP contribution is 2.22. The molecule has 6 nitrogen and oxygen atoms in total. The predicted molar refractivity (Wildman–Crippen MR) is 95.8 cm³/mol. The van der Waals surface area contributed by atoms with E-state index in [1.807, 2.05) is 6.92 Å². The summed E-state index contributed by atoms with van der Waals surface area (Å²) in [5.74, 6) is 1.07. The summed E-state index contributed by atoms with van der Waals surface area (Å²) < 4.78 is 18.7.